The monoisotopic (exact) mass is 139 g/mol. The molecule has 0 aromatic rings. The molecule has 0 saturated heterocycles. The van der Waals surface area contributed by atoms with Gasteiger partial charge in [0.05, 0.1) is 0 Å². The van der Waals surface area contributed by atoms with Gasteiger partial charge in [-0.15, -0.1) is 12.4 Å². The van der Waals surface area contributed by atoms with Crippen LogP contribution in [-0.2, 0) is 23.5 Å². The van der Waals surface area contributed by atoms with E-state index >= 15 is 0 Å². The van der Waals surface area contributed by atoms with Gasteiger partial charge in [0, 0.05) is 0 Å². The van der Waals surface area contributed by atoms with Crippen LogP contribution in [0.25, 0.3) is 0 Å². The Hall–Kier alpha value is 0.404. The van der Waals surface area contributed by atoms with Crippen LogP contribution in [-0.4, -0.2) is 0 Å². The van der Waals surface area contributed by atoms with Gasteiger partial charge in [0.15, 0.2) is 0 Å². The van der Waals surface area contributed by atoms with Crippen molar-refractivity contribution >= 4 is 12.4 Å². The third-order valence-electron chi connectivity index (χ3n) is 0. The molecule has 0 saturated carbocycles. The van der Waals surface area contributed by atoms with Gasteiger partial charge in [-0.05, 0) is 0 Å². The van der Waals surface area contributed by atoms with Crippen LogP contribution in [0.5, 0.6) is 0 Å². The van der Waals surface area contributed by atoms with Crippen LogP contribution in [0.1, 0.15) is 0 Å². The molecule has 0 aromatic carbocycles. The summed E-state index contributed by atoms with van der Waals surface area (Å²) in [5.74, 6) is 0. The quantitative estimate of drug-likeness (QED) is 0.485. The summed E-state index contributed by atoms with van der Waals surface area (Å²) in [5.41, 5.74) is 0. The Morgan fingerprint density at radius 3 is 1.20 bits per heavy atom. The van der Waals surface area contributed by atoms with Crippen molar-refractivity contribution in [1.29, 1.82) is 0 Å². The van der Waals surface area contributed by atoms with Gasteiger partial charge >= 0.3 is 23.5 Å². The summed E-state index contributed by atoms with van der Waals surface area (Å²) >= 11 is -1.81. The van der Waals surface area contributed by atoms with Crippen LogP contribution < -0.4 is 0 Å². The molecule has 0 aliphatic carbocycles. The van der Waals surface area contributed by atoms with Crippen molar-refractivity contribution in [3.05, 3.63) is 0 Å². The molecule has 0 aliphatic rings. The van der Waals surface area contributed by atoms with Gasteiger partial charge < -0.3 is 0 Å². The van der Waals surface area contributed by atoms with Gasteiger partial charge in [0.2, 0.25) is 0 Å². The molecule has 0 N–H and O–H groups in total. The molecule has 0 atom stereocenters. The second-order valence-corrected chi connectivity index (χ2v) is 0.307. The average molecular weight is 139 g/mol. The van der Waals surface area contributed by atoms with E-state index in [-0.39, 0.29) is 17.1 Å². The fourth-order valence-corrected chi connectivity index (χ4v) is 0. The standard InChI is InChI=1S/ClH.FH.2O.V/h2*1H;;;. The van der Waals surface area contributed by atoms with Crippen LogP contribution in [0.4, 0.5) is 4.70 Å². The predicted octanol–water partition coefficient (Wildman–Crippen LogP) is 0.334. The summed E-state index contributed by atoms with van der Waals surface area (Å²) in [7, 11) is 0. The molecule has 0 bridgehead atoms. The molecule has 0 rings (SSSR count). The first kappa shape index (κ1) is 18.1. The zero-order valence-electron chi connectivity index (χ0n) is 2.08. The zero-order valence-corrected chi connectivity index (χ0v) is 4.29. The second kappa shape index (κ2) is 25.9. The Kier molecular flexibility index (Phi) is 93.9. The van der Waals surface area contributed by atoms with E-state index in [1.807, 2.05) is 0 Å². The third kappa shape index (κ3) is 156. The fraction of sp³-hybridized carbons (Fsp3) is 0. The molecule has 0 radical (unpaired) electrons. The third-order valence-corrected chi connectivity index (χ3v) is 0. The number of halogens is 2. The molecule has 0 unspecified atom stereocenters. The van der Waals surface area contributed by atoms with Gasteiger partial charge in [-0.3, -0.25) is 4.70 Å². The van der Waals surface area contributed by atoms with Crippen molar-refractivity contribution in [3.63, 3.8) is 0 Å². The van der Waals surface area contributed by atoms with Crippen LogP contribution in [0.2, 0.25) is 0 Å². The SMILES string of the molecule is Cl.F.[O]=[V]=[O]. The number of hydrogen-bond donors (Lipinski definition) is 0. The molecular weight excluding hydrogens is 137 g/mol. The van der Waals surface area contributed by atoms with E-state index in [1.165, 1.54) is 0 Å². The molecule has 0 aromatic heterocycles. The van der Waals surface area contributed by atoms with E-state index in [0.29, 0.717) is 0 Å². The van der Waals surface area contributed by atoms with Crippen LogP contribution in [0.3, 0.4) is 0 Å². The van der Waals surface area contributed by atoms with Crippen molar-refractivity contribution in [1.82, 2.24) is 0 Å². The minimum absolute atomic E-state index is 0. The van der Waals surface area contributed by atoms with E-state index in [9.17, 15) is 0 Å². The molecule has 0 aliphatic heterocycles. The van der Waals surface area contributed by atoms with Gasteiger partial charge in [-0.25, -0.2) is 0 Å². The maximum absolute atomic E-state index is 8.47. The Balaban J connectivity index is -0.0000000200. The van der Waals surface area contributed by atoms with Crippen molar-refractivity contribution in [3.8, 4) is 0 Å². The van der Waals surface area contributed by atoms with Crippen LogP contribution >= 0.6 is 12.4 Å². The first-order valence-corrected chi connectivity index (χ1v) is 1.51. The van der Waals surface area contributed by atoms with E-state index in [1.54, 1.807) is 0 Å². The molecule has 0 heterocycles. The summed E-state index contributed by atoms with van der Waals surface area (Å²) in [6, 6.07) is 0. The van der Waals surface area contributed by atoms with Crippen molar-refractivity contribution in [2.24, 2.45) is 0 Å². The van der Waals surface area contributed by atoms with E-state index in [4.69, 9.17) is 7.35 Å². The molecule has 5 heteroatoms. The number of rotatable bonds is 0. The van der Waals surface area contributed by atoms with Gasteiger partial charge in [0.1, 0.15) is 0 Å². The average Bonchev–Trinajstić information content (AvgIpc) is 0.918. The van der Waals surface area contributed by atoms with E-state index < -0.39 is 16.2 Å². The normalized spacial score (nSPS) is 1.60. The molecular formula is H2ClFO2V. The Morgan fingerprint density at radius 2 is 1.20 bits per heavy atom. The Bertz CT molecular complexity index is 30.6. The summed E-state index contributed by atoms with van der Waals surface area (Å²) < 4.78 is 16.9. The first-order valence-electron chi connectivity index (χ1n) is 0.365. The minimum atomic E-state index is -1.81. The topological polar surface area (TPSA) is 34.1 Å². The van der Waals surface area contributed by atoms with Gasteiger partial charge in [-0.2, -0.15) is 0 Å². The first-order chi connectivity index (χ1) is 1.41. The number of hydrogen-bond acceptors (Lipinski definition) is 2. The Labute approximate surface area is 41.2 Å². The van der Waals surface area contributed by atoms with E-state index in [0.717, 1.165) is 0 Å². The molecule has 5 heavy (non-hydrogen) atoms. The summed E-state index contributed by atoms with van der Waals surface area (Å²) in [5, 5.41) is 0. The summed E-state index contributed by atoms with van der Waals surface area (Å²) in [4.78, 5) is 0. The molecule has 33 valence electrons. The summed E-state index contributed by atoms with van der Waals surface area (Å²) in [6.45, 7) is 0. The van der Waals surface area contributed by atoms with Gasteiger partial charge in [-0.1, -0.05) is 0 Å². The zero-order chi connectivity index (χ0) is 2.71. The molecule has 2 nitrogen and oxygen atoms in total. The van der Waals surface area contributed by atoms with Crippen molar-refractivity contribution in [2.75, 3.05) is 0 Å². The van der Waals surface area contributed by atoms with Gasteiger partial charge in [0.25, 0.3) is 0 Å². The maximum atomic E-state index is 8.47. The van der Waals surface area contributed by atoms with Crippen LogP contribution in [0, 0.1) is 0 Å². The molecule has 0 amide bonds. The van der Waals surface area contributed by atoms with E-state index in [2.05, 4.69) is 0 Å². The Morgan fingerprint density at radius 1 is 1.20 bits per heavy atom. The van der Waals surface area contributed by atoms with Crippen molar-refractivity contribution in [2.45, 2.75) is 0 Å². The fourth-order valence-electron chi connectivity index (χ4n) is 0. The predicted molar refractivity (Wildman–Crippen MR) is 11.1 cm³/mol. The van der Waals surface area contributed by atoms with Crippen molar-refractivity contribution < 1.29 is 28.2 Å². The summed E-state index contributed by atoms with van der Waals surface area (Å²) in [6.07, 6.45) is 0. The second-order valence-electron chi connectivity index (χ2n) is 0.0745. The van der Waals surface area contributed by atoms with Crippen LogP contribution in [0.15, 0.2) is 0 Å². The molecule has 0 fully saturated rings. The molecule has 0 spiro atoms.